The molecule has 0 spiro atoms. The number of hydrogen-bond donors (Lipinski definition) is 1. The molecule has 0 bridgehead atoms. The summed E-state index contributed by atoms with van der Waals surface area (Å²) in [5.74, 6) is 2.24. The number of aromatic amines is 1. The van der Waals surface area contributed by atoms with E-state index in [1.54, 1.807) is 14.2 Å². The normalized spacial score (nSPS) is 10.9. The van der Waals surface area contributed by atoms with E-state index in [-0.39, 0.29) is 0 Å². The minimum Gasteiger partial charge on any atom is -0.493 e. The molecule has 4 heteroatoms. The average Bonchev–Trinajstić information content (AvgIpc) is 2.90. The molecule has 0 saturated carbocycles. The smallest absolute Gasteiger partial charge is 0.163 e. The summed E-state index contributed by atoms with van der Waals surface area (Å²) in [6.45, 7) is 4.17. The zero-order valence-corrected chi connectivity index (χ0v) is 12.7. The lowest BCUT2D eigenvalue weighted by Crippen LogP contribution is -1.89. The van der Waals surface area contributed by atoms with Crippen LogP contribution in [0.1, 0.15) is 11.1 Å². The second-order valence-electron chi connectivity index (χ2n) is 5.13. The molecule has 108 valence electrons. The van der Waals surface area contributed by atoms with Gasteiger partial charge in [-0.3, -0.25) is 0 Å². The van der Waals surface area contributed by atoms with Crippen molar-refractivity contribution in [3.8, 4) is 22.9 Å². The van der Waals surface area contributed by atoms with Gasteiger partial charge < -0.3 is 14.5 Å². The largest absolute Gasteiger partial charge is 0.493 e. The SMILES string of the molecule is COc1cc2nc(-c3cc(C)ccc3C)[nH]c2cc1OC. The van der Waals surface area contributed by atoms with Gasteiger partial charge in [-0.05, 0) is 25.5 Å². The van der Waals surface area contributed by atoms with Crippen LogP contribution in [0.4, 0.5) is 0 Å². The van der Waals surface area contributed by atoms with Crippen molar-refractivity contribution < 1.29 is 9.47 Å². The van der Waals surface area contributed by atoms with Gasteiger partial charge in [0, 0.05) is 17.7 Å². The number of aromatic nitrogens is 2. The molecule has 1 heterocycles. The van der Waals surface area contributed by atoms with Crippen LogP contribution in [0.15, 0.2) is 30.3 Å². The van der Waals surface area contributed by atoms with Crippen LogP contribution in [0.2, 0.25) is 0 Å². The Bertz CT molecular complexity index is 765. The van der Waals surface area contributed by atoms with Crippen LogP contribution >= 0.6 is 0 Å². The fraction of sp³-hybridized carbons (Fsp3) is 0.235. The van der Waals surface area contributed by atoms with E-state index < -0.39 is 0 Å². The summed E-state index contributed by atoms with van der Waals surface area (Å²) >= 11 is 0. The molecule has 0 amide bonds. The third kappa shape index (κ3) is 2.33. The number of hydrogen-bond acceptors (Lipinski definition) is 3. The van der Waals surface area contributed by atoms with E-state index in [9.17, 15) is 0 Å². The van der Waals surface area contributed by atoms with E-state index in [1.807, 2.05) is 12.1 Å². The number of methoxy groups -OCH3 is 2. The lowest BCUT2D eigenvalue weighted by atomic mass is 10.1. The molecule has 0 fully saturated rings. The summed E-state index contributed by atoms with van der Waals surface area (Å²) < 4.78 is 10.7. The first-order valence-electron chi connectivity index (χ1n) is 6.81. The highest BCUT2D eigenvalue weighted by atomic mass is 16.5. The van der Waals surface area contributed by atoms with Crippen molar-refractivity contribution in [3.05, 3.63) is 41.5 Å². The first-order chi connectivity index (χ1) is 10.1. The molecule has 0 unspecified atom stereocenters. The van der Waals surface area contributed by atoms with Crippen LogP contribution in [-0.4, -0.2) is 24.2 Å². The zero-order chi connectivity index (χ0) is 15.0. The number of benzene rings is 2. The molecule has 4 nitrogen and oxygen atoms in total. The van der Waals surface area contributed by atoms with E-state index in [4.69, 9.17) is 9.47 Å². The summed E-state index contributed by atoms with van der Waals surface area (Å²) in [5.41, 5.74) is 5.32. The van der Waals surface area contributed by atoms with Crippen molar-refractivity contribution in [2.45, 2.75) is 13.8 Å². The lowest BCUT2D eigenvalue weighted by molar-refractivity contribution is 0.356. The molecule has 1 N–H and O–H groups in total. The molecule has 0 radical (unpaired) electrons. The quantitative estimate of drug-likeness (QED) is 0.793. The van der Waals surface area contributed by atoms with Crippen LogP contribution in [0.5, 0.6) is 11.5 Å². The van der Waals surface area contributed by atoms with Crippen molar-refractivity contribution >= 4 is 11.0 Å². The van der Waals surface area contributed by atoms with E-state index in [0.717, 1.165) is 22.4 Å². The third-order valence-electron chi connectivity index (χ3n) is 3.64. The van der Waals surface area contributed by atoms with Gasteiger partial charge in [0.2, 0.25) is 0 Å². The van der Waals surface area contributed by atoms with Gasteiger partial charge in [0.25, 0.3) is 0 Å². The third-order valence-corrected chi connectivity index (χ3v) is 3.64. The summed E-state index contributed by atoms with van der Waals surface area (Å²) in [6.07, 6.45) is 0. The van der Waals surface area contributed by atoms with Gasteiger partial charge in [0.05, 0.1) is 25.3 Å². The van der Waals surface area contributed by atoms with Crippen molar-refractivity contribution in [1.82, 2.24) is 9.97 Å². The standard InChI is InChI=1S/C17H18N2O2/c1-10-5-6-11(2)12(7-10)17-18-13-8-15(20-3)16(21-4)9-14(13)19-17/h5-9H,1-4H3,(H,18,19). The number of aryl methyl sites for hydroxylation is 2. The molecule has 2 aromatic carbocycles. The van der Waals surface area contributed by atoms with Gasteiger partial charge in [0.15, 0.2) is 11.5 Å². The number of imidazole rings is 1. The number of fused-ring (bicyclic) bond motifs is 1. The predicted molar refractivity (Wildman–Crippen MR) is 84.1 cm³/mol. The van der Waals surface area contributed by atoms with E-state index in [2.05, 4.69) is 42.0 Å². The highest BCUT2D eigenvalue weighted by Gasteiger charge is 2.12. The molecule has 1 aromatic heterocycles. The average molecular weight is 282 g/mol. The van der Waals surface area contributed by atoms with Crippen LogP contribution in [-0.2, 0) is 0 Å². The molecule has 0 aliphatic heterocycles. The Kier molecular flexibility index (Phi) is 3.29. The molecule has 0 saturated heterocycles. The zero-order valence-electron chi connectivity index (χ0n) is 12.7. The molecule has 3 aromatic rings. The Morgan fingerprint density at radius 1 is 0.952 bits per heavy atom. The van der Waals surface area contributed by atoms with Gasteiger partial charge in [0.1, 0.15) is 5.82 Å². The Balaban J connectivity index is 2.19. The topological polar surface area (TPSA) is 47.1 Å². The van der Waals surface area contributed by atoms with Gasteiger partial charge in [-0.2, -0.15) is 0 Å². The minimum absolute atomic E-state index is 0.684. The van der Waals surface area contributed by atoms with Crippen LogP contribution < -0.4 is 9.47 Å². The van der Waals surface area contributed by atoms with Gasteiger partial charge in [-0.15, -0.1) is 0 Å². The lowest BCUT2D eigenvalue weighted by Gasteiger charge is -2.06. The highest BCUT2D eigenvalue weighted by Crippen LogP contribution is 2.33. The Hall–Kier alpha value is -2.49. The van der Waals surface area contributed by atoms with Crippen molar-refractivity contribution in [1.29, 1.82) is 0 Å². The van der Waals surface area contributed by atoms with Gasteiger partial charge in [-0.25, -0.2) is 4.98 Å². The van der Waals surface area contributed by atoms with Gasteiger partial charge in [-0.1, -0.05) is 17.7 Å². The summed E-state index contributed by atoms with van der Waals surface area (Å²) in [6, 6.07) is 10.2. The first-order valence-corrected chi connectivity index (χ1v) is 6.81. The summed E-state index contributed by atoms with van der Waals surface area (Å²) in [5, 5.41) is 0. The number of ether oxygens (including phenoxy) is 2. The van der Waals surface area contributed by atoms with Crippen LogP contribution in [0.25, 0.3) is 22.4 Å². The van der Waals surface area contributed by atoms with E-state index >= 15 is 0 Å². The van der Waals surface area contributed by atoms with Crippen molar-refractivity contribution in [2.24, 2.45) is 0 Å². The first kappa shape index (κ1) is 13.5. The maximum absolute atomic E-state index is 5.33. The van der Waals surface area contributed by atoms with Crippen molar-refractivity contribution in [3.63, 3.8) is 0 Å². The predicted octanol–water partition coefficient (Wildman–Crippen LogP) is 3.86. The number of nitrogens with one attached hydrogen (secondary N) is 1. The fourth-order valence-corrected chi connectivity index (χ4v) is 2.46. The number of H-pyrrole nitrogens is 1. The number of rotatable bonds is 3. The summed E-state index contributed by atoms with van der Waals surface area (Å²) in [7, 11) is 3.26. The molecule has 0 aliphatic rings. The Morgan fingerprint density at radius 2 is 1.67 bits per heavy atom. The van der Waals surface area contributed by atoms with Crippen molar-refractivity contribution in [2.75, 3.05) is 14.2 Å². The molecular formula is C17H18N2O2. The fourth-order valence-electron chi connectivity index (χ4n) is 2.46. The van der Waals surface area contributed by atoms with E-state index in [0.29, 0.717) is 11.5 Å². The van der Waals surface area contributed by atoms with Crippen LogP contribution in [0, 0.1) is 13.8 Å². The maximum Gasteiger partial charge on any atom is 0.163 e. The maximum atomic E-state index is 5.33. The second kappa shape index (κ2) is 5.13. The minimum atomic E-state index is 0.684. The number of nitrogens with zero attached hydrogens (tertiary/aromatic N) is 1. The van der Waals surface area contributed by atoms with Crippen LogP contribution in [0.3, 0.4) is 0 Å². The second-order valence-corrected chi connectivity index (χ2v) is 5.13. The molecule has 0 atom stereocenters. The molecular weight excluding hydrogens is 264 g/mol. The van der Waals surface area contributed by atoms with Gasteiger partial charge >= 0.3 is 0 Å². The Morgan fingerprint density at radius 3 is 2.38 bits per heavy atom. The molecule has 0 aliphatic carbocycles. The Labute approximate surface area is 123 Å². The summed E-state index contributed by atoms with van der Waals surface area (Å²) in [4.78, 5) is 8.04. The van der Waals surface area contributed by atoms with E-state index in [1.165, 1.54) is 11.1 Å². The highest BCUT2D eigenvalue weighted by molar-refractivity contribution is 5.83. The monoisotopic (exact) mass is 282 g/mol. The molecule has 3 rings (SSSR count). The molecule has 21 heavy (non-hydrogen) atoms.